The van der Waals surface area contributed by atoms with Gasteiger partial charge in [0.2, 0.25) is 11.8 Å². The van der Waals surface area contributed by atoms with Crippen molar-refractivity contribution in [2.45, 2.75) is 38.0 Å². The van der Waals surface area contributed by atoms with E-state index in [1.165, 1.54) is 22.7 Å². The summed E-state index contributed by atoms with van der Waals surface area (Å²) in [4.78, 5) is 28.7. The van der Waals surface area contributed by atoms with E-state index in [0.29, 0.717) is 35.8 Å². The van der Waals surface area contributed by atoms with Crippen LogP contribution in [0, 0.1) is 19.7 Å². The van der Waals surface area contributed by atoms with Gasteiger partial charge in [-0.25, -0.2) is 9.07 Å². The quantitative estimate of drug-likeness (QED) is 0.299. The Hall–Kier alpha value is -3.95. The first-order chi connectivity index (χ1) is 20.4. The lowest BCUT2D eigenvalue weighted by Gasteiger charge is -2.24. The second-order valence-corrected chi connectivity index (χ2v) is 11.9. The van der Waals surface area contributed by atoms with Crippen molar-refractivity contribution in [1.82, 2.24) is 15.1 Å². The summed E-state index contributed by atoms with van der Waals surface area (Å²) < 4.78 is 22.8. The maximum atomic E-state index is 15.4. The van der Waals surface area contributed by atoms with Crippen LogP contribution in [-0.4, -0.2) is 53.1 Å². The third-order valence-electron chi connectivity index (χ3n) is 7.76. The lowest BCUT2D eigenvalue weighted by molar-refractivity contribution is -0.123. The van der Waals surface area contributed by atoms with Gasteiger partial charge in [-0.3, -0.25) is 14.5 Å². The molecular weight excluding hydrogens is 551 g/mol. The van der Waals surface area contributed by atoms with Gasteiger partial charge in [-0.1, -0.05) is 66.2 Å². The SMILES string of the molecule is Cc1ccc(-n2nc(-c3ccccc3)c3c2N(CC(=O)NCC2CCCO2)C(=O)CSC3c2ccccc2F)c(C)c1. The summed E-state index contributed by atoms with van der Waals surface area (Å²) >= 11 is 1.35. The summed E-state index contributed by atoms with van der Waals surface area (Å²) in [6, 6.07) is 22.4. The first-order valence-corrected chi connectivity index (χ1v) is 15.3. The highest BCUT2D eigenvalue weighted by Gasteiger charge is 2.38. The fourth-order valence-electron chi connectivity index (χ4n) is 5.71. The van der Waals surface area contributed by atoms with Gasteiger partial charge in [-0.05, 0) is 44.4 Å². The van der Waals surface area contributed by atoms with Crippen LogP contribution in [-0.2, 0) is 14.3 Å². The Balaban J connectivity index is 1.55. The molecule has 2 aliphatic heterocycles. The Morgan fingerprint density at radius 1 is 1.10 bits per heavy atom. The molecule has 7 nitrogen and oxygen atoms in total. The molecule has 1 fully saturated rings. The van der Waals surface area contributed by atoms with Crippen LogP contribution in [0.2, 0.25) is 0 Å². The minimum absolute atomic E-state index is 0.0178. The fourth-order valence-corrected chi connectivity index (χ4v) is 6.92. The number of hydrogen-bond acceptors (Lipinski definition) is 5. The molecule has 2 unspecified atom stereocenters. The number of amides is 2. The molecule has 0 radical (unpaired) electrons. The molecule has 1 aromatic heterocycles. The van der Waals surface area contributed by atoms with Gasteiger partial charge in [0.15, 0.2) is 0 Å². The minimum atomic E-state index is -0.528. The summed E-state index contributed by atoms with van der Waals surface area (Å²) in [6.45, 7) is 4.92. The number of anilines is 1. The van der Waals surface area contributed by atoms with Crippen LogP contribution in [0.25, 0.3) is 16.9 Å². The standard InChI is InChI=1S/C33H33FN4O3S/c1-21-14-15-27(22(2)17-21)38-33-30(31(36-38)23-9-4-3-5-10-23)32(25-12-6-7-13-26(25)34)42-20-29(40)37(33)19-28(39)35-18-24-11-8-16-41-24/h3-7,9-10,12-15,17,24,32H,8,11,16,18-20H2,1-2H3,(H,35,39). The monoisotopic (exact) mass is 584 g/mol. The molecular formula is C33H33FN4O3S. The molecule has 9 heteroatoms. The Kier molecular flexibility index (Phi) is 8.13. The van der Waals surface area contributed by atoms with E-state index in [-0.39, 0.29) is 36.0 Å². The van der Waals surface area contributed by atoms with Crippen molar-refractivity contribution in [2.24, 2.45) is 0 Å². The largest absolute Gasteiger partial charge is 0.376 e. The van der Waals surface area contributed by atoms with Crippen molar-refractivity contribution in [1.29, 1.82) is 0 Å². The third kappa shape index (κ3) is 5.58. The zero-order chi connectivity index (χ0) is 29.2. The number of benzene rings is 3. The number of carbonyl (C=O) groups excluding carboxylic acids is 2. The molecule has 216 valence electrons. The van der Waals surface area contributed by atoms with Crippen molar-refractivity contribution in [3.8, 4) is 16.9 Å². The van der Waals surface area contributed by atoms with Crippen LogP contribution in [0.3, 0.4) is 0 Å². The van der Waals surface area contributed by atoms with Crippen LogP contribution in [0.4, 0.5) is 10.2 Å². The number of nitrogens with zero attached hydrogens (tertiary/aromatic N) is 3. The zero-order valence-electron chi connectivity index (χ0n) is 23.7. The Labute approximate surface area is 249 Å². The van der Waals surface area contributed by atoms with Crippen molar-refractivity contribution < 1.29 is 18.7 Å². The molecule has 1 saturated heterocycles. The van der Waals surface area contributed by atoms with Crippen molar-refractivity contribution >= 4 is 29.4 Å². The maximum absolute atomic E-state index is 15.4. The second-order valence-electron chi connectivity index (χ2n) is 10.8. The molecule has 0 saturated carbocycles. The molecule has 6 rings (SSSR count). The molecule has 3 aromatic carbocycles. The highest BCUT2D eigenvalue weighted by atomic mass is 32.2. The van der Waals surface area contributed by atoms with E-state index in [2.05, 4.69) is 11.4 Å². The predicted molar refractivity (Wildman–Crippen MR) is 164 cm³/mol. The summed E-state index contributed by atoms with van der Waals surface area (Å²) in [5.41, 5.74) is 5.51. The Morgan fingerprint density at radius 2 is 1.88 bits per heavy atom. The van der Waals surface area contributed by atoms with Gasteiger partial charge >= 0.3 is 0 Å². The van der Waals surface area contributed by atoms with Crippen molar-refractivity contribution in [2.75, 3.05) is 30.3 Å². The lowest BCUT2D eigenvalue weighted by atomic mass is 9.99. The van der Waals surface area contributed by atoms with E-state index in [0.717, 1.165) is 35.2 Å². The second kappa shape index (κ2) is 12.1. The van der Waals surface area contributed by atoms with Gasteiger partial charge < -0.3 is 10.1 Å². The molecule has 2 atom stereocenters. The average molecular weight is 585 g/mol. The van der Waals surface area contributed by atoms with E-state index >= 15 is 4.39 Å². The molecule has 0 bridgehead atoms. The third-order valence-corrected chi connectivity index (χ3v) is 8.99. The number of hydrogen-bond donors (Lipinski definition) is 1. The van der Waals surface area contributed by atoms with E-state index in [4.69, 9.17) is 9.84 Å². The average Bonchev–Trinajstić information content (AvgIpc) is 3.62. The maximum Gasteiger partial charge on any atom is 0.240 e. The van der Waals surface area contributed by atoms with Crippen molar-refractivity contribution in [3.05, 3.63) is 101 Å². The van der Waals surface area contributed by atoms with Crippen molar-refractivity contribution in [3.63, 3.8) is 0 Å². The minimum Gasteiger partial charge on any atom is -0.376 e. The van der Waals surface area contributed by atoms with E-state index in [1.807, 2.05) is 56.3 Å². The van der Waals surface area contributed by atoms with Crippen LogP contribution in [0.1, 0.15) is 40.3 Å². The highest BCUT2D eigenvalue weighted by Crippen LogP contribution is 2.49. The zero-order valence-corrected chi connectivity index (χ0v) is 24.5. The summed E-state index contributed by atoms with van der Waals surface area (Å²) in [6.07, 6.45) is 1.85. The summed E-state index contributed by atoms with van der Waals surface area (Å²) in [5.74, 6) is -0.314. The number of aromatic nitrogens is 2. The van der Waals surface area contributed by atoms with Crippen LogP contribution >= 0.6 is 11.8 Å². The molecule has 2 amide bonds. The van der Waals surface area contributed by atoms with Gasteiger partial charge in [0, 0.05) is 29.8 Å². The van der Waals surface area contributed by atoms with Gasteiger partial charge in [0.1, 0.15) is 18.2 Å². The number of nitrogens with one attached hydrogen (secondary N) is 1. The van der Waals surface area contributed by atoms with Crippen LogP contribution in [0.5, 0.6) is 0 Å². The molecule has 2 aliphatic rings. The molecule has 0 aliphatic carbocycles. The molecule has 1 N–H and O–H groups in total. The molecule has 0 spiro atoms. The van der Waals surface area contributed by atoms with E-state index in [9.17, 15) is 9.59 Å². The van der Waals surface area contributed by atoms with Crippen LogP contribution < -0.4 is 10.2 Å². The number of halogens is 1. The Morgan fingerprint density at radius 3 is 2.62 bits per heavy atom. The smallest absolute Gasteiger partial charge is 0.240 e. The first kappa shape index (κ1) is 28.2. The van der Waals surface area contributed by atoms with Gasteiger partial charge in [0.25, 0.3) is 0 Å². The molecule has 3 heterocycles. The molecule has 42 heavy (non-hydrogen) atoms. The van der Waals surface area contributed by atoms with Gasteiger partial charge in [0.05, 0.1) is 28.5 Å². The summed E-state index contributed by atoms with van der Waals surface area (Å²) in [5, 5.41) is 7.54. The Bertz CT molecular complexity index is 1620. The lowest BCUT2D eigenvalue weighted by Crippen LogP contribution is -2.44. The number of aryl methyl sites for hydroxylation is 2. The first-order valence-electron chi connectivity index (χ1n) is 14.2. The summed E-state index contributed by atoms with van der Waals surface area (Å²) in [7, 11) is 0. The number of fused-ring (bicyclic) bond motifs is 1. The fraction of sp³-hybridized carbons (Fsp3) is 0.303. The van der Waals surface area contributed by atoms with Gasteiger partial charge in [-0.2, -0.15) is 5.10 Å². The van der Waals surface area contributed by atoms with E-state index in [1.54, 1.807) is 22.9 Å². The number of rotatable bonds is 7. The number of carbonyl (C=O) groups is 2. The molecule has 4 aromatic rings. The van der Waals surface area contributed by atoms with Gasteiger partial charge in [-0.15, -0.1) is 11.8 Å². The topological polar surface area (TPSA) is 76.5 Å². The van der Waals surface area contributed by atoms with E-state index < -0.39 is 5.25 Å². The van der Waals surface area contributed by atoms with Crippen LogP contribution in [0.15, 0.2) is 72.8 Å². The number of thioether (sulfide) groups is 1. The predicted octanol–water partition coefficient (Wildman–Crippen LogP) is 5.76. The number of ether oxygens (including phenoxy) is 1. The highest BCUT2D eigenvalue weighted by molar-refractivity contribution is 8.00. The normalized spacial score (nSPS) is 18.5.